The van der Waals surface area contributed by atoms with E-state index in [1.165, 1.54) is 0 Å². The average Bonchev–Trinajstić information content (AvgIpc) is 2.42. The van der Waals surface area contributed by atoms with Gasteiger partial charge in [-0.25, -0.2) is 9.97 Å². The summed E-state index contributed by atoms with van der Waals surface area (Å²) in [6, 6.07) is 0. The minimum absolute atomic E-state index is 0.0311. The van der Waals surface area contributed by atoms with Crippen molar-refractivity contribution in [1.29, 1.82) is 0 Å². The van der Waals surface area contributed by atoms with Crippen LogP contribution in [0.1, 0.15) is 32.2 Å². The fourth-order valence-electron chi connectivity index (χ4n) is 2.09. The van der Waals surface area contributed by atoms with Crippen LogP contribution in [0.2, 0.25) is 0 Å². The van der Waals surface area contributed by atoms with Crippen molar-refractivity contribution < 1.29 is 9.53 Å². The maximum absolute atomic E-state index is 12.1. The van der Waals surface area contributed by atoms with E-state index in [2.05, 4.69) is 20.2 Å². The molecule has 1 N–H and O–H groups in total. The second-order valence-corrected chi connectivity index (χ2v) is 6.37. The van der Waals surface area contributed by atoms with E-state index in [1.54, 1.807) is 0 Å². The van der Waals surface area contributed by atoms with Crippen LogP contribution >= 0.6 is 0 Å². The number of aryl methyl sites for hydroxylation is 2. The molecule has 1 aliphatic heterocycles. The van der Waals surface area contributed by atoms with Crippen molar-refractivity contribution in [2.45, 2.75) is 34.6 Å². The number of amides is 1. The Hall–Kier alpha value is -1.69. The van der Waals surface area contributed by atoms with Crippen molar-refractivity contribution in [2.75, 3.05) is 36.5 Å². The summed E-state index contributed by atoms with van der Waals surface area (Å²) in [7, 11) is 0. The van der Waals surface area contributed by atoms with Gasteiger partial charge in [0, 0.05) is 18.5 Å². The van der Waals surface area contributed by atoms with E-state index in [0.717, 1.165) is 24.5 Å². The summed E-state index contributed by atoms with van der Waals surface area (Å²) in [5.41, 5.74) is 1.86. The Kier molecular flexibility index (Phi) is 4.46. The lowest BCUT2D eigenvalue weighted by atomic mass is 9.95. The van der Waals surface area contributed by atoms with Crippen molar-refractivity contribution in [3.63, 3.8) is 0 Å². The highest BCUT2D eigenvalue weighted by molar-refractivity contribution is 5.95. The number of anilines is 2. The van der Waals surface area contributed by atoms with Crippen LogP contribution in [0.5, 0.6) is 0 Å². The van der Waals surface area contributed by atoms with Crippen molar-refractivity contribution in [1.82, 2.24) is 9.97 Å². The minimum Gasteiger partial charge on any atom is -0.378 e. The molecule has 0 bridgehead atoms. The van der Waals surface area contributed by atoms with Crippen LogP contribution in [-0.2, 0) is 9.53 Å². The van der Waals surface area contributed by atoms with E-state index < -0.39 is 5.41 Å². The number of carbonyl (C=O) groups excluding carboxylic acids is 1. The monoisotopic (exact) mass is 292 g/mol. The van der Waals surface area contributed by atoms with Crippen LogP contribution < -0.4 is 10.2 Å². The van der Waals surface area contributed by atoms with Gasteiger partial charge in [0.25, 0.3) is 0 Å². The predicted octanol–water partition coefficient (Wildman–Crippen LogP) is 1.91. The van der Waals surface area contributed by atoms with Gasteiger partial charge in [-0.15, -0.1) is 0 Å². The smallest absolute Gasteiger partial charge is 0.229 e. The summed E-state index contributed by atoms with van der Waals surface area (Å²) in [5, 5.41) is 2.94. The Morgan fingerprint density at radius 1 is 1.14 bits per heavy atom. The third kappa shape index (κ3) is 3.69. The zero-order valence-corrected chi connectivity index (χ0v) is 13.5. The Labute approximate surface area is 125 Å². The molecule has 116 valence electrons. The molecule has 6 heteroatoms. The highest BCUT2D eigenvalue weighted by atomic mass is 16.5. The SMILES string of the molecule is Cc1nc(N2CCOCC2)nc(C)c1NC(=O)C(C)(C)C. The zero-order chi connectivity index (χ0) is 15.6. The number of rotatable bonds is 2. The van der Waals surface area contributed by atoms with Gasteiger partial charge >= 0.3 is 0 Å². The normalized spacial score (nSPS) is 16.0. The molecule has 0 saturated carbocycles. The van der Waals surface area contributed by atoms with Crippen molar-refractivity contribution in [3.05, 3.63) is 11.4 Å². The molecule has 1 saturated heterocycles. The number of hydrogen-bond donors (Lipinski definition) is 1. The van der Waals surface area contributed by atoms with E-state index in [0.29, 0.717) is 24.8 Å². The fourth-order valence-corrected chi connectivity index (χ4v) is 2.09. The third-order valence-corrected chi connectivity index (χ3v) is 3.47. The lowest BCUT2D eigenvalue weighted by Gasteiger charge is -2.28. The van der Waals surface area contributed by atoms with Crippen LogP contribution in [0.4, 0.5) is 11.6 Å². The molecular formula is C15H24N4O2. The first kappa shape index (κ1) is 15.7. The molecule has 21 heavy (non-hydrogen) atoms. The molecule has 0 aliphatic carbocycles. The van der Waals surface area contributed by atoms with E-state index >= 15 is 0 Å². The molecule has 0 radical (unpaired) electrons. The molecule has 1 aromatic rings. The first-order chi connectivity index (χ1) is 9.79. The molecule has 2 heterocycles. The summed E-state index contributed by atoms with van der Waals surface area (Å²) in [5.74, 6) is 0.679. The van der Waals surface area contributed by atoms with Crippen molar-refractivity contribution >= 4 is 17.5 Å². The Balaban J connectivity index is 2.23. The predicted molar refractivity (Wildman–Crippen MR) is 82.6 cm³/mol. The van der Waals surface area contributed by atoms with Crippen molar-refractivity contribution in [3.8, 4) is 0 Å². The molecule has 1 amide bonds. The Morgan fingerprint density at radius 2 is 1.67 bits per heavy atom. The standard InChI is InChI=1S/C15H24N4O2/c1-10-12(18-13(20)15(3,4)5)11(2)17-14(16-10)19-6-8-21-9-7-19/h6-9H2,1-5H3,(H,18,20). The Morgan fingerprint density at radius 3 is 2.14 bits per heavy atom. The van der Waals surface area contributed by atoms with Gasteiger partial charge in [0.2, 0.25) is 11.9 Å². The van der Waals surface area contributed by atoms with E-state index in [-0.39, 0.29) is 5.91 Å². The van der Waals surface area contributed by atoms with Crippen LogP contribution in [0.25, 0.3) is 0 Å². The summed E-state index contributed by atoms with van der Waals surface area (Å²) in [4.78, 5) is 23.3. The lowest BCUT2D eigenvalue weighted by Crippen LogP contribution is -2.37. The van der Waals surface area contributed by atoms with Gasteiger partial charge in [-0.05, 0) is 13.8 Å². The number of hydrogen-bond acceptors (Lipinski definition) is 5. The summed E-state index contributed by atoms with van der Waals surface area (Å²) >= 11 is 0. The number of aromatic nitrogens is 2. The molecule has 0 atom stereocenters. The molecule has 1 aliphatic rings. The van der Waals surface area contributed by atoms with Gasteiger partial charge in [0.05, 0.1) is 30.3 Å². The molecule has 1 aromatic heterocycles. The number of carbonyl (C=O) groups is 1. The average molecular weight is 292 g/mol. The van der Waals surface area contributed by atoms with E-state index in [9.17, 15) is 4.79 Å². The first-order valence-electron chi connectivity index (χ1n) is 7.28. The quantitative estimate of drug-likeness (QED) is 0.902. The summed E-state index contributed by atoms with van der Waals surface area (Å²) in [6.45, 7) is 12.4. The van der Waals surface area contributed by atoms with Gasteiger partial charge in [-0.1, -0.05) is 20.8 Å². The highest BCUT2D eigenvalue weighted by Gasteiger charge is 2.24. The van der Waals surface area contributed by atoms with Crippen LogP contribution in [-0.4, -0.2) is 42.2 Å². The second-order valence-electron chi connectivity index (χ2n) is 6.37. The third-order valence-electron chi connectivity index (χ3n) is 3.47. The maximum Gasteiger partial charge on any atom is 0.229 e. The fraction of sp³-hybridized carbons (Fsp3) is 0.667. The highest BCUT2D eigenvalue weighted by Crippen LogP contribution is 2.24. The molecule has 2 rings (SSSR count). The Bertz CT molecular complexity index is 508. The number of morpholine rings is 1. The number of nitrogens with zero attached hydrogens (tertiary/aromatic N) is 3. The maximum atomic E-state index is 12.1. The molecule has 0 aromatic carbocycles. The molecular weight excluding hydrogens is 268 g/mol. The molecule has 6 nitrogen and oxygen atoms in total. The van der Waals surface area contributed by atoms with Gasteiger partial charge in [-0.3, -0.25) is 4.79 Å². The second kappa shape index (κ2) is 5.97. The lowest BCUT2D eigenvalue weighted by molar-refractivity contribution is -0.123. The largest absolute Gasteiger partial charge is 0.378 e. The number of ether oxygens (including phenoxy) is 1. The van der Waals surface area contributed by atoms with Crippen LogP contribution in [0, 0.1) is 19.3 Å². The van der Waals surface area contributed by atoms with E-state index in [1.807, 2.05) is 34.6 Å². The van der Waals surface area contributed by atoms with E-state index in [4.69, 9.17) is 4.74 Å². The summed E-state index contributed by atoms with van der Waals surface area (Å²) in [6.07, 6.45) is 0. The summed E-state index contributed by atoms with van der Waals surface area (Å²) < 4.78 is 5.34. The van der Waals surface area contributed by atoms with Gasteiger partial charge in [-0.2, -0.15) is 0 Å². The van der Waals surface area contributed by atoms with Gasteiger partial charge < -0.3 is 15.0 Å². The minimum atomic E-state index is -0.443. The van der Waals surface area contributed by atoms with Crippen LogP contribution in [0.3, 0.4) is 0 Å². The van der Waals surface area contributed by atoms with Gasteiger partial charge in [0.15, 0.2) is 0 Å². The van der Waals surface area contributed by atoms with Gasteiger partial charge in [0.1, 0.15) is 0 Å². The first-order valence-corrected chi connectivity index (χ1v) is 7.28. The van der Waals surface area contributed by atoms with Crippen LogP contribution in [0.15, 0.2) is 0 Å². The van der Waals surface area contributed by atoms with Crippen molar-refractivity contribution in [2.24, 2.45) is 5.41 Å². The zero-order valence-electron chi connectivity index (χ0n) is 13.5. The molecule has 1 fully saturated rings. The molecule has 0 unspecified atom stereocenters. The number of nitrogens with one attached hydrogen (secondary N) is 1. The topological polar surface area (TPSA) is 67.3 Å². The molecule has 0 spiro atoms.